The number of amides is 1. The molecule has 2 aromatic heterocycles. The maximum atomic E-state index is 12.9. The third-order valence-corrected chi connectivity index (χ3v) is 5.73. The van der Waals surface area contributed by atoms with Crippen LogP contribution in [0, 0.1) is 6.92 Å². The van der Waals surface area contributed by atoms with Gasteiger partial charge in [-0.1, -0.05) is 41.1 Å². The van der Waals surface area contributed by atoms with Crippen LogP contribution >= 0.6 is 11.6 Å². The van der Waals surface area contributed by atoms with Gasteiger partial charge in [-0.25, -0.2) is 4.98 Å². The smallest absolute Gasteiger partial charge is 0.284 e. The van der Waals surface area contributed by atoms with Crippen LogP contribution in [-0.2, 0) is 17.8 Å². The predicted molar refractivity (Wildman–Crippen MR) is 113 cm³/mol. The van der Waals surface area contributed by atoms with Crippen molar-refractivity contribution >= 4 is 34.4 Å². The number of hydrogen-bond donors (Lipinski definition) is 0. The average molecular weight is 421 g/mol. The Morgan fingerprint density at radius 1 is 1.20 bits per heavy atom. The molecule has 1 amide bonds. The zero-order valence-corrected chi connectivity index (χ0v) is 16.9. The van der Waals surface area contributed by atoms with Crippen LogP contribution in [0.1, 0.15) is 11.1 Å². The van der Waals surface area contributed by atoms with E-state index in [0.29, 0.717) is 22.9 Å². The lowest BCUT2D eigenvalue weighted by molar-refractivity contribution is -0.119. The second-order valence-corrected chi connectivity index (χ2v) is 7.62. The number of rotatable bonds is 3. The molecule has 0 unspecified atom stereocenters. The SMILES string of the molecule is Cc1ccc(-n2nnc3c(=O)n(CC(=O)N4CCc5ccccc54)cnc32)cc1Cl. The summed E-state index contributed by atoms with van der Waals surface area (Å²) in [7, 11) is 0. The van der Waals surface area contributed by atoms with Gasteiger partial charge in [0.25, 0.3) is 5.56 Å². The van der Waals surface area contributed by atoms with E-state index in [1.807, 2.05) is 43.3 Å². The van der Waals surface area contributed by atoms with Crippen molar-refractivity contribution in [1.82, 2.24) is 24.5 Å². The number of halogens is 1. The number of aromatic nitrogens is 5. The number of para-hydroxylation sites is 1. The summed E-state index contributed by atoms with van der Waals surface area (Å²) in [4.78, 5) is 31.8. The Bertz CT molecular complexity index is 1360. The molecule has 3 heterocycles. The molecule has 5 rings (SSSR count). The molecule has 4 aromatic rings. The van der Waals surface area contributed by atoms with E-state index in [0.717, 1.165) is 23.2 Å². The van der Waals surface area contributed by atoms with Crippen LogP contribution in [0.15, 0.2) is 53.6 Å². The van der Waals surface area contributed by atoms with Crippen LogP contribution in [0.25, 0.3) is 16.9 Å². The fourth-order valence-electron chi connectivity index (χ4n) is 3.67. The Morgan fingerprint density at radius 2 is 2.03 bits per heavy atom. The van der Waals surface area contributed by atoms with Crippen molar-refractivity contribution in [3.05, 3.63) is 75.3 Å². The van der Waals surface area contributed by atoms with Crippen LogP contribution in [0.3, 0.4) is 0 Å². The number of benzene rings is 2. The lowest BCUT2D eigenvalue weighted by atomic mass is 10.2. The standard InChI is InChI=1S/C21H17ClN6O2/c1-13-6-7-15(10-16(13)22)28-20-19(24-25-28)21(30)26(12-23-20)11-18(29)27-9-8-14-4-2-3-5-17(14)27/h2-7,10,12H,8-9,11H2,1H3. The van der Waals surface area contributed by atoms with Crippen LogP contribution in [0.5, 0.6) is 0 Å². The first-order chi connectivity index (χ1) is 14.5. The minimum atomic E-state index is -0.412. The number of hydrogen-bond acceptors (Lipinski definition) is 5. The number of aryl methyl sites for hydroxylation is 1. The van der Waals surface area contributed by atoms with Crippen molar-refractivity contribution in [3.8, 4) is 5.69 Å². The quantitative estimate of drug-likeness (QED) is 0.508. The molecule has 2 aromatic carbocycles. The lowest BCUT2D eigenvalue weighted by Crippen LogP contribution is -2.35. The topological polar surface area (TPSA) is 85.9 Å². The number of nitrogens with zero attached hydrogens (tertiary/aromatic N) is 6. The van der Waals surface area contributed by atoms with Crippen molar-refractivity contribution in [2.45, 2.75) is 19.9 Å². The molecule has 0 bridgehead atoms. The molecule has 30 heavy (non-hydrogen) atoms. The summed E-state index contributed by atoms with van der Waals surface area (Å²) in [5.74, 6) is -0.166. The number of fused-ring (bicyclic) bond motifs is 2. The van der Waals surface area contributed by atoms with Gasteiger partial charge in [0.05, 0.1) is 5.69 Å². The molecule has 0 atom stereocenters. The highest BCUT2D eigenvalue weighted by Gasteiger charge is 2.25. The summed E-state index contributed by atoms with van der Waals surface area (Å²) >= 11 is 6.20. The van der Waals surface area contributed by atoms with E-state index in [2.05, 4.69) is 15.3 Å². The van der Waals surface area contributed by atoms with Gasteiger partial charge >= 0.3 is 0 Å². The summed E-state index contributed by atoms with van der Waals surface area (Å²) in [6.07, 6.45) is 2.17. The van der Waals surface area contributed by atoms with Gasteiger partial charge in [0.1, 0.15) is 12.9 Å². The maximum absolute atomic E-state index is 12.9. The first kappa shape index (κ1) is 18.5. The van der Waals surface area contributed by atoms with E-state index in [-0.39, 0.29) is 18.0 Å². The van der Waals surface area contributed by atoms with E-state index in [4.69, 9.17) is 11.6 Å². The van der Waals surface area contributed by atoms with Crippen LogP contribution in [-0.4, -0.2) is 37.0 Å². The lowest BCUT2D eigenvalue weighted by Gasteiger charge is -2.17. The Morgan fingerprint density at radius 3 is 2.87 bits per heavy atom. The molecule has 0 radical (unpaired) electrons. The van der Waals surface area contributed by atoms with E-state index in [1.54, 1.807) is 11.0 Å². The van der Waals surface area contributed by atoms with Gasteiger partial charge in [-0.05, 0) is 42.7 Å². The normalized spacial score (nSPS) is 13.1. The minimum Gasteiger partial charge on any atom is -0.310 e. The zero-order valence-electron chi connectivity index (χ0n) is 16.1. The molecule has 0 saturated heterocycles. The first-order valence-corrected chi connectivity index (χ1v) is 9.86. The largest absolute Gasteiger partial charge is 0.310 e. The molecular formula is C21H17ClN6O2. The minimum absolute atomic E-state index is 0.101. The van der Waals surface area contributed by atoms with Crippen molar-refractivity contribution in [2.24, 2.45) is 0 Å². The van der Waals surface area contributed by atoms with E-state index >= 15 is 0 Å². The molecule has 0 fully saturated rings. The molecule has 1 aliphatic heterocycles. The van der Waals surface area contributed by atoms with E-state index in [9.17, 15) is 9.59 Å². The second kappa shape index (κ2) is 7.07. The summed E-state index contributed by atoms with van der Waals surface area (Å²) in [6, 6.07) is 13.2. The van der Waals surface area contributed by atoms with Crippen molar-refractivity contribution in [1.29, 1.82) is 0 Å². The highest BCUT2D eigenvalue weighted by molar-refractivity contribution is 6.31. The zero-order chi connectivity index (χ0) is 20.8. The number of anilines is 1. The molecule has 1 aliphatic rings. The third kappa shape index (κ3) is 2.96. The summed E-state index contributed by atoms with van der Waals surface area (Å²) in [5, 5.41) is 8.64. The van der Waals surface area contributed by atoms with E-state index in [1.165, 1.54) is 15.6 Å². The van der Waals surface area contributed by atoms with Crippen molar-refractivity contribution in [3.63, 3.8) is 0 Å². The Hall–Kier alpha value is -3.52. The van der Waals surface area contributed by atoms with Crippen LogP contribution in [0.2, 0.25) is 5.02 Å². The second-order valence-electron chi connectivity index (χ2n) is 7.21. The fraction of sp³-hybridized carbons (Fsp3) is 0.190. The summed E-state index contributed by atoms with van der Waals surface area (Å²) < 4.78 is 2.73. The molecule has 150 valence electrons. The van der Waals surface area contributed by atoms with Gasteiger partial charge in [0, 0.05) is 17.3 Å². The molecule has 8 nitrogen and oxygen atoms in total. The molecular weight excluding hydrogens is 404 g/mol. The van der Waals surface area contributed by atoms with Gasteiger partial charge in [-0.15, -0.1) is 5.10 Å². The molecule has 9 heteroatoms. The van der Waals surface area contributed by atoms with Gasteiger partial charge in [-0.3, -0.25) is 14.2 Å². The Balaban J connectivity index is 1.47. The number of carbonyl (C=O) groups excluding carboxylic acids is 1. The van der Waals surface area contributed by atoms with Crippen LogP contribution < -0.4 is 10.5 Å². The Labute approximate surface area is 176 Å². The van der Waals surface area contributed by atoms with Gasteiger partial charge in [0.2, 0.25) is 5.91 Å². The van der Waals surface area contributed by atoms with Crippen LogP contribution in [0.4, 0.5) is 5.69 Å². The summed E-state index contributed by atoms with van der Waals surface area (Å²) in [6.45, 7) is 2.39. The van der Waals surface area contributed by atoms with E-state index < -0.39 is 5.56 Å². The third-order valence-electron chi connectivity index (χ3n) is 5.32. The van der Waals surface area contributed by atoms with Gasteiger partial charge in [0.15, 0.2) is 11.2 Å². The molecule has 0 saturated carbocycles. The first-order valence-electron chi connectivity index (χ1n) is 9.48. The number of carbonyl (C=O) groups is 1. The van der Waals surface area contributed by atoms with Gasteiger partial charge < -0.3 is 4.90 Å². The highest BCUT2D eigenvalue weighted by atomic mass is 35.5. The molecule has 0 spiro atoms. The highest BCUT2D eigenvalue weighted by Crippen LogP contribution is 2.27. The molecule has 0 aliphatic carbocycles. The predicted octanol–water partition coefficient (Wildman–Crippen LogP) is 2.53. The summed E-state index contributed by atoms with van der Waals surface area (Å²) in [5.41, 5.74) is 3.62. The van der Waals surface area contributed by atoms with Crippen molar-refractivity contribution in [2.75, 3.05) is 11.4 Å². The Kier molecular flexibility index (Phi) is 4.36. The average Bonchev–Trinajstić information content (AvgIpc) is 3.37. The fourth-order valence-corrected chi connectivity index (χ4v) is 3.85. The monoisotopic (exact) mass is 420 g/mol. The maximum Gasteiger partial charge on any atom is 0.284 e. The van der Waals surface area contributed by atoms with Gasteiger partial charge in [-0.2, -0.15) is 4.68 Å². The van der Waals surface area contributed by atoms with Crippen molar-refractivity contribution < 1.29 is 4.79 Å². The molecule has 0 N–H and O–H groups in total.